The highest BCUT2D eigenvalue weighted by Crippen LogP contribution is 2.29. The number of hydrogen-bond acceptors (Lipinski definition) is 4. The van der Waals surface area contributed by atoms with Crippen LogP contribution in [0.1, 0.15) is 24.5 Å². The first kappa shape index (κ1) is 14.1. The van der Waals surface area contributed by atoms with Crippen molar-refractivity contribution < 1.29 is 4.74 Å². The van der Waals surface area contributed by atoms with E-state index in [0.29, 0.717) is 5.92 Å². The fourth-order valence-electron chi connectivity index (χ4n) is 2.40. The van der Waals surface area contributed by atoms with Gasteiger partial charge in [0.25, 0.3) is 0 Å². The Balaban J connectivity index is 2.07. The summed E-state index contributed by atoms with van der Waals surface area (Å²) < 4.78 is 7.19. The van der Waals surface area contributed by atoms with Crippen molar-refractivity contribution >= 4 is 16.3 Å². The van der Waals surface area contributed by atoms with Crippen molar-refractivity contribution in [2.24, 2.45) is 5.92 Å². The molecule has 0 N–H and O–H groups in total. The maximum atomic E-state index is 5.22. The van der Waals surface area contributed by atoms with Crippen LogP contribution in [-0.4, -0.2) is 21.7 Å². The molecule has 4 nitrogen and oxygen atoms in total. The molecular formula is C16H19N3OS. The van der Waals surface area contributed by atoms with Crippen molar-refractivity contribution in [2.45, 2.75) is 27.2 Å². The lowest BCUT2D eigenvalue weighted by Gasteiger charge is -2.03. The summed E-state index contributed by atoms with van der Waals surface area (Å²) in [6.07, 6.45) is 0.995. The van der Waals surface area contributed by atoms with Crippen LogP contribution in [0, 0.1) is 12.8 Å². The van der Waals surface area contributed by atoms with E-state index in [-0.39, 0.29) is 0 Å². The summed E-state index contributed by atoms with van der Waals surface area (Å²) >= 11 is 1.68. The second kappa shape index (κ2) is 5.48. The Morgan fingerprint density at radius 2 is 1.95 bits per heavy atom. The zero-order chi connectivity index (χ0) is 15.0. The molecular weight excluding hydrogens is 282 g/mol. The van der Waals surface area contributed by atoms with Crippen molar-refractivity contribution in [2.75, 3.05) is 7.11 Å². The lowest BCUT2D eigenvalue weighted by molar-refractivity contribution is 0.415. The average molecular weight is 301 g/mol. The highest BCUT2D eigenvalue weighted by Gasteiger charge is 2.16. The number of benzene rings is 1. The first-order chi connectivity index (χ1) is 10.1. The number of nitrogens with zero attached hydrogens (tertiary/aromatic N) is 3. The van der Waals surface area contributed by atoms with Gasteiger partial charge in [0.05, 0.1) is 18.5 Å². The normalized spacial score (nSPS) is 11.5. The van der Waals surface area contributed by atoms with Crippen molar-refractivity contribution in [1.29, 1.82) is 0 Å². The van der Waals surface area contributed by atoms with E-state index in [1.165, 1.54) is 0 Å². The number of aryl methyl sites for hydroxylation is 1. The summed E-state index contributed by atoms with van der Waals surface area (Å²) in [5.74, 6) is 1.46. The van der Waals surface area contributed by atoms with Crippen molar-refractivity contribution in [3.63, 3.8) is 0 Å². The first-order valence-electron chi connectivity index (χ1n) is 7.08. The lowest BCUT2D eigenvalue weighted by Crippen LogP contribution is -1.96. The van der Waals surface area contributed by atoms with Gasteiger partial charge in [-0.15, -0.1) is 0 Å². The zero-order valence-corrected chi connectivity index (χ0v) is 13.6. The van der Waals surface area contributed by atoms with Crippen LogP contribution in [0.2, 0.25) is 0 Å². The van der Waals surface area contributed by atoms with Crippen molar-refractivity contribution in [1.82, 2.24) is 14.6 Å². The maximum absolute atomic E-state index is 5.22. The molecule has 0 unspecified atom stereocenters. The summed E-state index contributed by atoms with van der Waals surface area (Å²) in [4.78, 5) is 5.61. The van der Waals surface area contributed by atoms with Crippen LogP contribution in [0.5, 0.6) is 5.75 Å². The molecule has 0 radical (unpaired) electrons. The van der Waals surface area contributed by atoms with Gasteiger partial charge >= 0.3 is 0 Å². The highest BCUT2D eigenvalue weighted by molar-refractivity contribution is 7.16. The SMILES string of the molecule is COc1ccc(-c2c(C)nc3sc(CC(C)C)nn23)cc1. The number of rotatable bonds is 4. The van der Waals surface area contributed by atoms with Gasteiger partial charge in [-0.3, -0.25) is 0 Å². The van der Waals surface area contributed by atoms with Gasteiger partial charge in [0.1, 0.15) is 10.8 Å². The second-order valence-electron chi connectivity index (χ2n) is 5.56. The van der Waals surface area contributed by atoms with Gasteiger partial charge in [-0.25, -0.2) is 9.50 Å². The van der Waals surface area contributed by atoms with Gasteiger partial charge in [-0.1, -0.05) is 25.2 Å². The van der Waals surface area contributed by atoms with Gasteiger partial charge < -0.3 is 4.74 Å². The van der Waals surface area contributed by atoms with Gasteiger partial charge in [-0.2, -0.15) is 5.10 Å². The van der Waals surface area contributed by atoms with E-state index in [9.17, 15) is 0 Å². The molecule has 0 bridgehead atoms. The summed E-state index contributed by atoms with van der Waals surface area (Å²) in [7, 11) is 1.68. The summed E-state index contributed by atoms with van der Waals surface area (Å²) in [5, 5.41) is 5.88. The smallest absolute Gasteiger partial charge is 0.212 e. The van der Waals surface area contributed by atoms with Crippen LogP contribution in [0.25, 0.3) is 16.2 Å². The van der Waals surface area contributed by atoms with Crippen molar-refractivity contribution in [3.8, 4) is 17.0 Å². The molecule has 5 heteroatoms. The minimum Gasteiger partial charge on any atom is -0.497 e. The summed E-state index contributed by atoms with van der Waals surface area (Å²) in [6, 6.07) is 8.04. The minimum absolute atomic E-state index is 0.603. The Kier molecular flexibility index (Phi) is 3.68. The second-order valence-corrected chi connectivity index (χ2v) is 6.60. The molecule has 0 atom stereocenters. The van der Waals surface area contributed by atoms with Crippen LogP contribution < -0.4 is 4.74 Å². The molecule has 1 aromatic carbocycles. The molecule has 3 aromatic rings. The van der Waals surface area contributed by atoms with Crippen LogP contribution in [-0.2, 0) is 6.42 Å². The predicted octanol–water partition coefficient (Wildman–Crippen LogP) is 3.97. The molecule has 0 fully saturated rings. The Labute approximate surface area is 128 Å². The molecule has 0 amide bonds. The van der Waals surface area contributed by atoms with Gasteiger partial charge in [0.2, 0.25) is 4.96 Å². The Hall–Kier alpha value is -1.88. The largest absolute Gasteiger partial charge is 0.497 e. The maximum Gasteiger partial charge on any atom is 0.212 e. The van der Waals surface area contributed by atoms with E-state index in [1.807, 2.05) is 23.6 Å². The first-order valence-corrected chi connectivity index (χ1v) is 7.89. The summed E-state index contributed by atoms with van der Waals surface area (Å²) in [5.41, 5.74) is 3.19. The standard InChI is InChI=1S/C16H19N3OS/c1-10(2)9-14-18-19-15(11(3)17-16(19)21-14)12-5-7-13(20-4)8-6-12/h5-8,10H,9H2,1-4H3. The van der Waals surface area contributed by atoms with E-state index >= 15 is 0 Å². The lowest BCUT2D eigenvalue weighted by atomic mass is 10.1. The van der Waals surface area contributed by atoms with Crippen LogP contribution in [0.3, 0.4) is 0 Å². The van der Waals surface area contributed by atoms with E-state index in [4.69, 9.17) is 9.84 Å². The molecule has 0 saturated carbocycles. The number of ether oxygens (including phenoxy) is 1. The fraction of sp³-hybridized carbons (Fsp3) is 0.375. The zero-order valence-electron chi connectivity index (χ0n) is 12.8. The molecule has 2 aromatic heterocycles. The monoisotopic (exact) mass is 301 g/mol. The topological polar surface area (TPSA) is 39.4 Å². The van der Waals surface area contributed by atoms with Gasteiger partial charge in [0, 0.05) is 12.0 Å². The predicted molar refractivity (Wildman–Crippen MR) is 86.1 cm³/mol. The number of hydrogen-bond donors (Lipinski definition) is 0. The highest BCUT2D eigenvalue weighted by atomic mass is 32.1. The molecule has 3 rings (SSSR count). The quantitative estimate of drug-likeness (QED) is 0.732. The van der Waals surface area contributed by atoms with Crippen LogP contribution in [0.4, 0.5) is 0 Å². The molecule has 0 aliphatic rings. The average Bonchev–Trinajstić information content (AvgIpc) is 2.94. The fourth-order valence-corrected chi connectivity index (χ4v) is 3.55. The molecule has 0 spiro atoms. The third-order valence-electron chi connectivity index (χ3n) is 3.37. The molecule has 2 heterocycles. The molecule has 0 aliphatic carbocycles. The van der Waals surface area contributed by atoms with Crippen molar-refractivity contribution in [3.05, 3.63) is 35.0 Å². The number of imidazole rings is 1. The van der Waals surface area contributed by atoms with E-state index < -0.39 is 0 Å². The molecule has 110 valence electrons. The van der Waals surface area contributed by atoms with E-state index in [1.54, 1.807) is 18.4 Å². The summed E-state index contributed by atoms with van der Waals surface area (Å²) in [6.45, 7) is 6.45. The molecule has 0 saturated heterocycles. The molecule has 0 aliphatic heterocycles. The van der Waals surface area contributed by atoms with Gasteiger partial charge in [0.15, 0.2) is 0 Å². The Morgan fingerprint density at radius 1 is 1.24 bits per heavy atom. The van der Waals surface area contributed by atoms with E-state index in [0.717, 1.165) is 39.1 Å². The molecule has 21 heavy (non-hydrogen) atoms. The third-order valence-corrected chi connectivity index (χ3v) is 4.30. The van der Waals surface area contributed by atoms with E-state index in [2.05, 4.69) is 31.0 Å². The van der Waals surface area contributed by atoms with Crippen LogP contribution >= 0.6 is 11.3 Å². The number of fused-ring (bicyclic) bond motifs is 1. The number of methoxy groups -OCH3 is 1. The third kappa shape index (κ3) is 2.65. The Morgan fingerprint density at radius 3 is 2.57 bits per heavy atom. The van der Waals surface area contributed by atoms with Crippen LogP contribution in [0.15, 0.2) is 24.3 Å². The Bertz CT molecular complexity index is 756. The number of aromatic nitrogens is 3. The minimum atomic E-state index is 0.603. The van der Waals surface area contributed by atoms with Gasteiger partial charge in [-0.05, 0) is 37.1 Å².